The van der Waals surface area contributed by atoms with Gasteiger partial charge in [-0.1, -0.05) is 12.1 Å². The van der Waals surface area contributed by atoms with Crippen molar-refractivity contribution >= 4 is 6.09 Å². The van der Waals surface area contributed by atoms with Crippen LogP contribution < -0.4 is 4.74 Å². The SMILES string of the molecule is CCOC(=O)N1CCN(Cc2cccc(OC[C@H](O)CN3CCOCC3)c2)CC1. The largest absolute Gasteiger partial charge is 0.491 e. The van der Waals surface area contributed by atoms with E-state index in [2.05, 4.69) is 15.9 Å². The predicted octanol–water partition coefficient (Wildman–Crippen LogP) is 1.03. The maximum atomic E-state index is 11.8. The van der Waals surface area contributed by atoms with Crippen LogP contribution in [-0.4, -0.2) is 104 Å². The lowest BCUT2D eigenvalue weighted by Crippen LogP contribution is -2.48. The molecule has 1 amide bonds. The molecule has 0 bridgehead atoms. The molecule has 0 radical (unpaired) electrons. The summed E-state index contributed by atoms with van der Waals surface area (Å²) in [5, 5.41) is 10.2. The van der Waals surface area contributed by atoms with E-state index < -0.39 is 6.10 Å². The molecule has 1 aromatic rings. The molecule has 0 saturated carbocycles. The average molecular weight is 408 g/mol. The van der Waals surface area contributed by atoms with E-state index in [0.29, 0.717) is 26.2 Å². The first-order chi connectivity index (χ1) is 14.1. The molecule has 0 spiro atoms. The first kappa shape index (κ1) is 21.8. The predicted molar refractivity (Wildman–Crippen MR) is 109 cm³/mol. The van der Waals surface area contributed by atoms with Crippen LogP contribution in [0.25, 0.3) is 0 Å². The summed E-state index contributed by atoms with van der Waals surface area (Å²) >= 11 is 0. The summed E-state index contributed by atoms with van der Waals surface area (Å²) in [6.07, 6.45) is -0.745. The third kappa shape index (κ3) is 7.15. The number of morpholine rings is 1. The Morgan fingerprint density at radius 1 is 1.14 bits per heavy atom. The summed E-state index contributed by atoms with van der Waals surface area (Å²) in [4.78, 5) is 18.1. The monoisotopic (exact) mass is 407 g/mol. The number of hydrogen-bond acceptors (Lipinski definition) is 7. The molecule has 2 aliphatic rings. The highest BCUT2D eigenvalue weighted by molar-refractivity contribution is 5.67. The summed E-state index contributed by atoms with van der Waals surface area (Å²) in [5.74, 6) is 0.772. The molecule has 1 N–H and O–H groups in total. The van der Waals surface area contributed by atoms with Crippen LogP contribution in [0.3, 0.4) is 0 Å². The Labute approximate surface area is 172 Å². The van der Waals surface area contributed by atoms with Gasteiger partial charge in [0.25, 0.3) is 0 Å². The molecule has 8 heteroatoms. The lowest BCUT2D eigenvalue weighted by molar-refractivity contribution is 0.00464. The number of carbonyl (C=O) groups excluding carboxylic acids is 1. The molecular weight excluding hydrogens is 374 g/mol. The quantitative estimate of drug-likeness (QED) is 0.690. The van der Waals surface area contributed by atoms with Gasteiger partial charge in [-0.2, -0.15) is 0 Å². The van der Waals surface area contributed by atoms with E-state index >= 15 is 0 Å². The number of aliphatic hydroxyl groups excluding tert-OH is 1. The van der Waals surface area contributed by atoms with Gasteiger partial charge in [0.1, 0.15) is 18.5 Å². The minimum atomic E-state index is -0.521. The Bertz CT molecular complexity index is 630. The highest BCUT2D eigenvalue weighted by atomic mass is 16.6. The lowest BCUT2D eigenvalue weighted by atomic mass is 10.2. The zero-order chi connectivity index (χ0) is 20.5. The Balaban J connectivity index is 1.41. The second-order valence-corrected chi connectivity index (χ2v) is 7.49. The van der Waals surface area contributed by atoms with Crippen molar-refractivity contribution < 1.29 is 24.1 Å². The maximum Gasteiger partial charge on any atom is 0.409 e. The number of hydrogen-bond donors (Lipinski definition) is 1. The number of β-amino-alcohol motifs (C(OH)–C–C–N with tert-alkyl or cyclic N) is 1. The van der Waals surface area contributed by atoms with Crippen molar-refractivity contribution in [2.24, 2.45) is 0 Å². The first-order valence-electron chi connectivity index (χ1n) is 10.5. The number of carbonyl (C=O) groups is 1. The minimum Gasteiger partial charge on any atom is -0.491 e. The Morgan fingerprint density at radius 2 is 1.90 bits per heavy atom. The lowest BCUT2D eigenvalue weighted by Gasteiger charge is -2.34. The van der Waals surface area contributed by atoms with Gasteiger partial charge in [-0.3, -0.25) is 9.80 Å². The maximum absolute atomic E-state index is 11.8. The fourth-order valence-corrected chi connectivity index (χ4v) is 3.62. The Hall–Kier alpha value is -1.87. The third-order valence-corrected chi connectivity index (χ3v) is 5.22. The van der Waals surface area contributed by atoms with E-state index in [1.807, 2.05) is 25.1 Å². The van der Waals surface area contributed by atoms with E-state index in [1.54, 1.807) is 4.90 Å². The molecule has 1 aromatic carbocycles. The topological polar surface area (TPSA) is 74.7 Å². The summed E-state index contributed by atoms with van der Waals surface area (Å²) in [6, 6.07) is 8.01. The number of aliphatic hydroxyl groups is 1. The van der Waals surface area contributed by atoms with Crippen LogP contribution in [0.4, 0.5) is 4.79 Å². The second kappa shape index (κ2) is 11.3. The minimum absolute atomic E-state index is 0.224. The van der Waals surface area contributed by atoms with E-state index in [-0.39, 0.29) is 12.7 Å². The zero-order valence-electron chi connectivity index (χ0n) is 17.3. The van der Waals surface area contributed by atoms with E-state index in [0.717, 1.165) is 57.3 Å². The van der Waals surface area contributed by atoms with Crippen LogP contribution in [0.5, 0.6) is 5.75 Å². The van der Waals surface area contributed by atoms with Gasteiger partial charge < -0.3 is 24.2 Å². The standard InChI is InChI=1S/C21H33N3O5/c1-2-28-21(26)24-8-6-22(7-9-24)15-18-4-3-5-20(14-18)29-17-19(25)16-23-10-12-27-13-11-23/h3-5,14,19,25H,2,6-13,15-17H2,1H3/t19-/m1/s1. The van der Waals surface area contributed by atoms with E-state index in [1.165, 1.54) is 0 Å². The second-order valence-electron chi connectivity index (χ2n) is 7.49. The van der Waals surface area contributed by atoms with Crippen molar-refractivity contribution in [3.05, 3.63) is 29.8 Å². The fourth-order valence-electron chi connectivity index (χ4n) is 3.62. The van der Waals surface area contributed by atoms with Crippen LogP contribution in [0.2, 0.25) is 0 Å². The average Bonchev–Trinajstić information content (AvgIpc) is 2.74. The van der Waals surface area contributed by atoms with E-state index in [4.69, 9.17) is 14.2 Å². The number of amides is 1. The van der Waals surface area contributed by atoms with Crippen molar-refractivity contribution in [2.75, 3.05) is 72.2 Å². The van der Waals surface area contributed by atoms with Crippen LogP contribution in [0.15, 0.2) is 24.3 Å². The highest BCUT2D eigenvalue weighted by Gasteiger charge is 2.22. The third-order valence-electron chi connectivity index (χ3n) is 5.22. The Morgan fingerprint density at radius 3 is 2.62 bits per heavy atom. The molecule has 2 aliphatic heterocycles. The number of benzene rings is 1. The van der Waals surface area contributed by atoms with Crippen molar-refractivity contribution in [1.29, 1.82) is 0 Å². The molecule has 0 aromatic heterocycles. The van der Waals surface area contributed by atoms with Gasteiger partial charge in [0.2, 0.25) is 0 Å². The van der Waals surface area contributed by atoms with Gasteiger partial charge in [-0.05, 0) is 24.6 Å². The van der Waals surface area contributed by atoms with Crippen LogP contribution in [-0.2, 0) is 16.0 Å². The molecule has 0 aliphatic carbocycles. The van der Waals surface area contributed by atoms with E-state index in [9.17, 15) is 9.90 Å². The van der Waals surface area contributed by atoms with Gasteiger partial charge in [-0.15, -0.1) is 0 Å². The molecule has 8 nitrogen and oxygen atoms in total. The van der Waals surface area contributed by atoms with Gasteiger partial charge in [0.15, 0.2) is 0 Å². The number of ether oxygens (including phenoxy) is 3. The summed E-state index contributed by atoms with van der Waals surface area (Å²) in [6.45, 7) is 10.1. The smallest absolute Gasteiger partial charge is 0.409 e. The molecule has 1 atom stereocenters. The van der Waals surface area contributed by atoms with Gasteiger partial charge in [-0.25, -0.2) is 4.79 Å². The number of piperazine rings is 1. The number of rotatable bonds is 8. The molecule has 2 heterocycles. The van der Waals surface area contributed by atoms with Crippen molar-refractivity contribution in [2.45, 2.75) is 19.6 Å². The normalized spacial score (nSPS) is 19.7. The highest BCUT2D eigenvalue weighted by Crippen LogP contribution is 2.16. The van der Waals surface area contributed by atoms with Crippen molar-refractivity contribution in [3.63, 3.8) is 0 Å². The van der Waals surface area contributed by atoms with Crippen LogP contribution >= 0.6 is 0 Å². The number of nitrogens with zero attached hydrogens (tertiary/aromatic N) is 3. The van der Waals surface area contributed by atoms with Gasteiger partial charge in [0, 0.05) is 52.4 Å². The molecule has 29 heavy (non-hydrogen) atoms. The molecule has 3 rings (SSSR count). The fraction of sp³-hybridized carbons (Fsp3) is 0.667. The van der Waals surface area contributed by atoms with Crippen LogP contribution in [0.1, 0.15) is 12.5 Å². The van der Waals surface area contributed by atoms with Crippen molar-refractivity contribution in [3.8, 4) is 5.75 Å². The van der Waals surface area contributed by atoms with Gasteiger partial charge >= 0.3 is 6.09 Å². The molecule has 162 valence electrons. The van der Waals surface area contributed by atoms with Crippen LogP contribution in [0, 0.1) is 0 Å². The summed E-state index contributed by atoms with van der Waals surface area (Å²) in [7, 11) is 0. The Kier molecular flexibility index (Phi) is 8.54. The summed E-state index contributed by atoms with van der Waals surface area (Å²) in [5.41, 5.74) is 1.16. The molecule has 0 unspecified atom stereocenters. The molecule has 2 fully saturated rings. The van der Waals surface area contributed by atoms with Crippen molar-refractivity contribution in [1.82, 2.24) is 14.7 Å². The molecule has 2 saturated heterocycles. The van der Waals surface area contributed by atoms with Gasteiger partial charge in [0.05, 0.1) is 19.8 Å². The zero-order valence-corrected chi connectivity index (χ0v) is 17.3. The first-order valence-corrected chi connectivity index (χ1v) is 10.5. The summed E-state index contributed by atoms with van der Waals surface area (Å²) < 4.78 is 16.2. The molecular formula is C21H33N3O5.